The van der Waals surface area contributed by atoms with E-state index in [0.717, 1.165) is 19.4 Å². The summed E-state index contributed by atoms with van der Waals surface area (Å²) >= 11 is 0. The average molecular weight is 263 g/mol. The van der Waals surface area contributed by atoms with Crippen LogP contribution in [-0.2, 0) is 6.42 Å². The Hall–Kier alpha value is -0.830. The summed E-state index contributed by atoms with van der Waals surface area (Å²) in [5.74, 6) is 0. The molecule has 1 N–H and O–H groups in total. The van der Waals surface area contributed by atoms with Crippen molar-refractivity contribution < 1.29 is 0 Å². The largest absolute Gasteiger partial charge is 0.313 e. The highest BCUT2D eigenvalue weighted by atomic mass is 15.3. The molecule has 2 unspecified atom stereocenters. The molecule has 0 aliphatic heterocycles. The minimum absolute atomic E-state index is 0.507. The van der Waals surface area contributed by atoms with Crippen LogP contribution in [0, 0.1) is 5.41 Å². The Balaban J connectivity index is 1.98. The van der Waals surface area contributed by atoms with E-state index in [9.17, 15) is 0 Å². The predicted molar refractivity (Wildman–Crippen MR) is 80.4 cm³/mol. The van der Waals surface area contributed by atoms with E-state index in [1.54, 1.807) is 0 Å². The van der Waals surface area contributed by atoms with E-state index >= 15 is 0 Å². The smallest absolute Gasteiger partial charge is 0.0640 e. The lowest BCUT2D eigenvalue weighted by Crippen LogP contribution is -2.38. The summed E-state index contributed by atoms with van der Waals surface area (Å²) in [4.78, 5) is 0. The van der Waals surface area contributed by atoms with Gasteiger partial charge in [-0.25, -0.2) is 0 Å². The molecule has 0 aromatic carbocycles. The predicted octanol–water partition coefficient (Wildman–Crippen LogP) is 3.56. The third-order valence-corrected chi connectivity index (χ3v) is 4.64. The van der Waals surface area contributed by atoms with Crippen LogP contribution < -0.4 is 5.32 Å². The van der Waals surface area contributed by atoms with Crippen molar-refractivity contribution in [2.45, 2.75) is 71.9 Å². The second-order valence-corrected chi connectivity index (χ2v) is 6.41. The monoisotopic (exact) mass is 263 g/mol. The normalized spacial score (nSPS) is 20.2. The lowest BCUT2D eigenvalue weighted by Gasteiger charge is -2.24. The highest BCUT2D eigenvalue weighted by Gasteiger charge is 2.44. The fourth-order valence-corrected chi connectivity index (χ4v) is 2.56. The summed E-state index contributed by atoms with van der Waals surface area (Å²) in [5, 5.41) is 8.47. The first-order valence-corrected chi connectivity index (χ1v) is 7.86. The maximum absolute atomic E-state index is 4.75. The zero-order chi connectivity index (χ0) is 13.9. The van der Waals surface area contributed by atoms with Gasteiger partial charge >= 0.3 is 0 Å². The summed E-state index contributed by atoms with van der Waals surface area (Å²) in [6.07, 6.45) is 8.26. The van der Waals surface area contributed by atoms with E-state index in [-0.39, 0.29) is 0 Å². The molecule has 19 heavy (non-hydrogen) atoms. The standard InChI is InChI=1S/C16H29N3/c1-5-10-17-15(16(4)8-9-16)12-14-7-11-19(18-14)13(3)6-2/h7,11,13,15,17H,5-6,8-10,12H2,1-4H3. The van der Waals surface area contributed by atoms with Gasteiger partial charge in [-0.2, -0.15) is 5.10 Å². The van der Waals surface area contributed by atoms with E-state index in [1.807, 2.05) is 0 Å². The second-order valence-electron chi connectivity index (χ2n) is 6.41. The van der Waals surface area contributed by atoms with Crippen LogP contribution >= 0.6 is 0 Å². The van der Waals surface area contributed by atoms with Crippen LogP contribution in [0.5, 0.6) is 0 Å². The molecule has 1 heterocycles. The first kappa shape index (κ1) is 14.6. The van der Waals surface area contributed by atoms with Gasteiger partial charge in [0.15, 0.2) is 0 Å². The molecule has 3 nitrogen and oxygen atoms in total. The fraction of sp³-hybridized carbons (Fsp3) is 0.812. The zero-order valence-corrected chi connectivity index (χ0v) is 12.9. The Bertz CT molecular complexity index is 392. The summed E-state index contributed by atoms with van der Waals surface area (Å²) in [6.45, 7) is 10.2. The van der Waals surface area contributed by atoms with Gasteiger partial charge in [0.05, 0.1) is 5.69 Å². The number of nitrogens with zero attached hydrogens (tertiary/aromatic N) is 2. The maximum Gasteiger partial charge on any atom is 0.0640 e. The van der Waals surface area contributed by atoms with Gasteiger partial charge < -0.3 is 5.32 Å². The Morgan fingerprint density at radius 3 is 2.74 bits per heavy atom. The van der Waals surface area contributed by atoms with Gasteiger partial charge in [-0.15, -0.1) is 0 Å². The summed E-state index contributed by atoms with van der Waals surface area (Å²) < 4.78 is 2.11. The molecule has 0 saturated heterocycles. The van der Waals surface area contributed by atoms with Crippen molar-refractivity contribution in [2.24, 2.45) is 5.41 Å². The quantitative estimate of drug-likeness (QED) is 0.777. The van der Waals surface area contributed by atoms with Crippen molar-refractivity contribution in [1.82, 2.24) is 15.1 Å². The molecule has 1 fully saturated rings. The molecule has 108 valence electrons. The molecular weight excluding hydrogens is 234 g/mol. The number of rotatable bonds is 8. The highest BCUT2D eigenvalue weighted by Crippen LogP contribution is 2.48. The van der Waals surface area contributed by atoms with Crippen molar-refractivity contribution >= 4 is 0 Å². The van der Waals surface area contributed by atoms with E-state index in [4.69, 9.17) is 5.10 Å². The number of aromatic nitrogens is 2. The van der Waals surface area contributed by atoms with Crippen LogP contribution in [0.25, 0.3) is 0 Å². The molecule has 2 atom stereocenters. The van der Waals surface area contributed by atoms with Crippen LogP contribution in [0.15, 0.2) is 12.3 Å². The molecular formula is C16H29N3. The van der Waals surface area contributed by atoms with E-state index < -0.39 is 0 Å². The summed E-state index contributed by atoms with van der Waals surface area (Å²) in [7, 11) is 0. The number of hydrogen-bond acceptors (Lipinski definition) is 2. The minimum Gasteiger partial charge on any atom is -0.313 e. The lowest BCUT2D eigenvalue weighted by molar-refractivity contribution is 0.350. The third kappa shape index (κ3) is 3.59. The van der Waals surface area contributed by atoms with E-state index in [2.05, 4.69) is 50.0 Å². The lowest BCUT2D eigenvalue weighted by atomic mass is 9.94. The van der Waals surface area contributed by atoms with Gasteiger partial charge in [0.1, 0.15) is 0 Å². The van der Waals surface area contributed by atoms with Crippen molar-refractivity contribution in [3.8, 4) is 0 Å². The van der Waals surface area contributed by atoms with Gasteiger partial charge in [-0.1, -0.05) is 20.8 Å². The van der Waals surface area contributed by atoms with E-state index in [0.29, 0.717) is 17.5 Å². The number of hydrogen-bond donors (Lipinski definition) is 1. The van der Waals surface area contributed by atoms with Gasteiger partial charge in [-0.3, -0.25) is 4.68 Å². The molecule has 0 bridgehead atoms. The molecule has 1 aromatic rings. The first-order chi connectivity index (χ1) is 9.09. The summed E-state index contributed by atoms with van der Waals surface area (Å²) in [5.41, 5.74) is 1.75. The highest BCUT2D eigenvalue weighted by molar-refractivity contribution is 5.08. The van der Waals surface area contributed by atoms with E-state index in [1.165, 1.54) is 25.0 Å². The molecule has 1 aliphatic carbocycles. The molecule has 1 aliphatic rings. The summed E-state index contributed by atoms with van der Waals surface area (Å²) in [6, 6.07) is 3.29. The zero-order valence-electron chi connectivity index (χ0n) is 12.9. The molecule has 3 heteroatoms. The van der Waals surface area contributed by atoms with Crippen molar-refractivity contribution in [2.75, 3.05) is 6.54 Å². The SMILES string of the molecule is CCCNC(Cc1ccn(C(C)CC)n1)C1(C)CC1. The second kappa shape index (κ2) is 6.08. The Labute approximate surface area is 117 Å². The molecule has 0 radical (unpaired) electrons. The van der Waals surface area contributed by atoms with Gasteiger partial charge in [0.25, 0.3) is 0 Å². The molecule has 2 rings (SSSR count). The third-order valence-electron chi connectivity index (χ3n) is 4.64. The van der Waals surface area contributed by atoms with Crippen LogP contribution in [-0.4, -0.2) is 22.4 Å². The fourth-order valence-electron chi connectivity index (χ4n) is 2.56. The van der Waals surface area contributed by atoms with Crippen LogP contribution in [0.4, 0.5) is 0 Å². The topological polar surface area (TPSA) is 29.9 Å². The van der Waals surface area contributed by atoms with Crippen LogP contribution in [0.2, 0.25) is 0 Å². The average Bonchev–Trinajstić information content (AvgIpc) is 2.99. The molecule has 0 amide bonds. The van der Waals surface area contributed by atoms with Gasteiger partial charge in [-0.05, 0) is 50.6 Å². The Morgan fingerprint density at radius 2 is 2.16 bits per heavy atom. The molecule has 1 aromatic heterocycles. The molecule has 0 spiro atoms. The van der Waals surface area contributed by atoms with Crippen LogP contribution in [0.1, 0.15) is 65.1 Å². The van der Waals surface area contributed by atoms with Crippen molar-refractivity contribution in [1.29, 1.82) is 0 Å². The van der Waals surface area contributed by atoms with Gasteiger partial charge in [0, 0.05) is 24.7 Å². The van der Waals surface area contributed by atoms with Crippen molar-refractivity contribution in [3.05, 3.63) is 18.0 Å². The first-order valence-electron chi connectivity index (χ1n) is 7.86. The Morgan fingerprint density at radius 1 is 1.42 bits per heavy atom. The Kier molecular flexibility index (Phi) is 4.67. The minimum atomic E-state index is 0.507. The number of nitrogens with one attached hydrogen (secondary N) is 1. The van der Waals surface area contributed by atoms with Crippen LogP contribution in [0.3, 0.4) is 0 Å². The van der Waals surface area contributed by atoms with Gasteiger partial charge in [0.2, 0.25) is 0 Å². The maximum atomic E-state index is 4.75. The molecule has 1 saturated carbocycles. The van der Waals surface area contributed by atoms with Crippen molar-refractivity contribution in [3.63, 3.8) is 0 Å².